The molecule has 2 aliphatic rings. The average molecular weight is 490 g/mol. The summed E-state index contributed by atoms with van der Waals surface area (Å²) in [7, 11) is -3.64. The number of aryl methyl sites for hydroxylation is 2. The number of halogens is 2. The minimum atomic E-state index is -3.64. The van der Waals surface area contributed by atoms with Crippen LogP contribution in [0.15, 0.2) is 45.9 Å². The Kier molecular flexibility index (Phi) is 5.65. The zero-order valence-electron chi connectivity index (χ0n) is 17.7. The molecule has 2 aromatic heterocycles. The fraction of sp³-hybridized carbons (Fsp3) is 0.286. The highest BCUT2D eigenvalue weighted by molar-refractivity contribution is 7.91. The molecule has 3 aromatic rings. The molecule has 1 atom stereocenters. The summed E-state index contributed by atoms with van der Waals surface area (Å²) < 4.78 is 53.5. The Morgan fingerprint density at radius 2 is 2.18 bits per heavy atom. The van der Waals surface area contributed by atoms with E-state index in [1.165, 1.54) is 23.1 Å². The number of pyridine rings is 1. The molecule has 34 heavy (non-hydrogen) atoms. The van der Waals surface area contributed by atoms with Crippen LogP contribution in [0, 0.1) is 0 Å². The van der Waals surface area contributed by atoms with Gasteiger partial charge in [-0.1, -0.05) is 12.1 Å². The van der Waals surface area contributed by atoms with E-state index in [0.29, 0.717) is 36.4 Å². The molecule has 1 aliphatic carbocycles. The van der Waals surface area contributed by atoms with Gasteiger partial charge in [-0.05, 0) is 35.6 Å². The lowest BCUT2D eigenvalue weighted by atomic mass is 9.84. The molecule has 5 rings (SSSR count). The van der Waals surface area contributed by atoms with Crippen molar-refractivity contribution in [3.05, 3.63) is 47.8 Å². The Balaban J connectivity index is 1.48. The van der Waals surface area contributed by atoms with Crippen molar-refractivity contribution in [1.82, 2.24) is 14.8 Å². The van der Waals surface area contributed by atoms with Crippen LogP contribution in [-0.4, -0.2) is 38.2 Å². The van der Waals surface area contributed by atoms with Crippen molar-refractivity contribution in [2.45, 2.75) is 37.3 Å². The average Bonchev–Trinajstić information content (AvgIpc) is 3.19. The van der Waals surface area contributed by atoms with E-state index in [4.69, 9.17) is 9.88 Å². The van der Waals surface area contributed by atoms with Crippen molar-refractivity contribution in [1.29, 1.82) is 0 Å². The molecule has 0 unspecified atom stereocenters. The molecule has 0 saturated heterocycles. The topological polar surface area (TPSA) is 134 Å². The van der Waals surface area contributed by atoms with Crippen LogP contribution < -0.4 is 19.9 Å². The normalized spacial score (nSPS) is 15.9. The van der Waals surface area contributed by atoms with Gasteiger partial charge in [0, 0.05) is 30.8 Å². The lowest BCUT2D eigenvalue weighted by molar-refractivity contribution is -0.0528. The van der Waals surface area contributed by atoms with E-state index < -0.39 is 22.6 Å². The number of anilines is 1. The maximum absolute atomic E-state index is 13.1. The maximum Gasteiger partial charge on any atom is 0.388 e. The number of amides is 2. The lowest BCUT2D eigenvalue weighted by Gasteiger charge is -2.25. The van der Waals surface area contributed by atoms with Crippen molar-refractivity contribution in [2.75, 3.05) is 11.9 Å². The standard InChI is InChI=1S/C21H20F2N6O4S/c22-20(23)33-17-10-13(6-7-25-17)15-5-3-12-2-4-14(12)18(15)27-21(30)28-34(24,31)16-11-26-29-8-1-9-32-19(16)29/h3,5-7,10-11,20H,1-2,4,8-9H2,(H3,24,27,28,30,31)/t34-/m0/s1. The van der Waals surface area contributed by atoms with E-state index in [-0.39, 0.29) is 16.7 Å². The van der Waals surface area contributed by atoms with Crippen molar-refractivity contribution in [3.63, 3.8) is 0 Å². The van der Waals surface area contributed by atoms with Gasteiger partial charge >= 0.3 is 12.6 Å². The first-order valence-electron chi connectivity index (χ1n) is 10.4. The van der Waals surface area contributed by atoms with Crippen molar-refractivity contribution >= 4 is 21.6 Å². The molecular formula is C21H20F2N6O4S. The number of urea groups is 1. The highest BCUT2D eigenvalue weighted by Gasteiger charge is 2.26. The molecule has 10 nitrogen and oxygen atoms in total. The molecule has 1 aromatic carbocycles. The number of aromatic nitrogens is 3. The summed E-state index contributed by atoms with van der Waals surface area (Å²) in [6.45, 7) is -2.02. The number of carbonyl (C=O) groups excluding carboxylic acids is 1. The summed E-state index contributed by atoms with van der Waals surface area (Å²) in [5.41, 5.74) is 3.41. The van der Waals surface area contributed by atoms with Crippen LogP contribution in [0.5, 0.6) is 11.8 Å². The molecule has 0 saturated carbocycles. The highest BCUT2D eigenvalue weighted by atomic mass is 32.2. The number of nitrogens with one attached hydrogen (secondary N) is 1. The Bertz CT molecular complexity index is 1400. The van der Waals surface area contributed by atoms with Crippen LogP contribution in [0.3, 0.4) is 0 Å². The van der Waals surface area contributed by atoms with Gasteiger partial charge in [0.2, 0.25) is 11.8 Å². The smallest absolute Gasteiger partial charge is 0.388 e. The van der Waals surface area contributed by atoms with Gasteiger partial charge in [0.25, 0.3) is 0 Å². The van der Waals surface area contributed by atoms with Crippen molar-refractivity contribution in [3.8, 4) is 22.9 Å². The monoisotopic (exact) mass is 490 g/mol. The van der Waals surface area contributed by atoms with E-state index in [9.17, 15) is 17.8 Å². The predicted molar refractivity (Wildman–Crippen MR) is 118 cm³/mol. The third-order valence-electron chi connectivity index (χ3n) is 5.59. The molecule has 3 N–H and O–H groups in total. The number of alkyl halides is 2. The zero-order chi connectivity index (χ0) is 23.9. The second-order valence-electron chi connectivity index (χ2n) is 7.72. The van der Waals surface area contributed by atoms with Gasteiger partial charge in [0.1, 0.15) is 4.90 Å². The molecular weight excluding hydrogens is 470 g/mol. The van der Waals surface area contributed by atoms with Gasteiger partial charge in [-0.15, -0.1) is 4.36 Å². The summed E-state index contributed by atoms with van der Waals surface area (Å²) in [5.74, 6) is -0.0174. The molecule has 0 fully saturated rings. The fourth-order valence-electron chi connectivity index (χ4n) is 3.96. The molecule has 0 bridgehead atoms. The van der Waals surface area contributed by atoms with Crippen LogP contribution in [-0.2, 0) is 29.3 Å². The molecule has 1 aliphatic heterocycles. The summed E-state index contributed by atoms with van der Waals surface area (Å²) in [5, 5.41) is 12.7. The first kappa shape index (κ1) is 22.2. The number of benzene rings is 1. The molecule has 3 heterocycles. The van der Waals surface area contributed by atoms with Crippen LogP contribution >= 0.6 is 0 Å². The number of ether oxygens (including phenoxy) is 2. The number of rotatable bonds is 5. The second-order valence-corrected chi connectivity index (χ2v) is 9.48. The minimum absolute atomic E-state index is 0.0477. The van der Waals surface area contributed by atoms with E-state index in [0.717, 1.165) is 24.0 Å². The van der Waals surface area contributed by atoms with Gasteiger partial charge in [-0.3, -0.25) is 0 Å². The van der Waals surface area contributed by atoms with Crippen LogP contribution in [0.1, 0.15) is 17.5 Å². The maximum atomic E-state index is 13.1. The number of nitrogens with zero attached hydrogens (tertiary/aromatic N) is 4. The summed E-state index contributed by atoms with van der Waals surface area (Å²) >= 11 is 0. The van der Waals surface area contributed by atoms with Crippen LogP contribution in [0.25, 0.3) is 11.1 Å². The number of fused-ring (bicyclic) bond motifs is 2. The summed E-state index contributed by atoms with van der Waals surface area (Å²) in [6.07, 6.45) is 4.91. The third-order valence-corrected chi connectivity index (χ3v) is 6.94. The summed E-state index contributed by atoms with van der Waals surface area (Å²) in [4.78, 5) is 16.7. The van der Waals surface area contributed by atoms with Gasteiger partial charge in [-0.25, -0.2) is 23.8 Å². The van der Waals surface area contributed by atoms with E-state index in [1.807, 2.05) is 6.07 Å². The molecule has 0 spiro atoms. The van der Waals surface area contributed by atoms with E-state index >= 15 is 0 Å². The SMILES string of the molecule is N[S@](=O)(=NC(=O)Nc1c(-c2ccnc(OC(F)F)c2)ccc2c1CC2)c1cnn2c1OCCC2. The van der Waals surface area contributed by atoms with E-state index in [2.05, 4.69) is 24.5 Å². The third kappa shape index (κ3) is 4.19. The Morgan fingerprint density at radius 1 is 1.32 bits per heavy atom. The predicted octanol–water partition coefficient (Wildman–Crippen LogP) is 3.36. The molecule has 2 amide bonds. The minimum Gasteiger partial charge on any atom is -0.477 e. The Labute approximate surface area is 193 Å². The first-order chi connectivity index (χ1) is 16.3. The van der Waals surface area contributed by atoms with Crippen molar-refractivity contribution < 1.29 is 27.3 Å². The van der Waals surface area contributed by atoms with E-state index in [1.54, 1.807) is 12.1 Å². The second kappa shape index (κ2) is 8.65. The summed E-state index contributed by atoms with van der Waals surface area (Å²) in [6, 6.07) is 5.70. The first-order valence-corrected chi connectivity index (χ1v) is 12.0. The Morgan fingerprint density at radius 3 is 2.94 bits per heavy atom. The van der Waals surface area contributed by atoms with Crippen LogP contribution in [0.4, 0.5) is 19.3 Å². The van der Waals surface area contributed by atoms with Crippen molar-refractivity contribution in [2.24, 2.45) is 9.50 Å². The number of hydrogen-bond donors (Lipinski definition) is 2. The van der Waals surface area contributed by atoms with Gasteiger partial charge in [-0.2, -0.15) is 13.9 Å². The van der Waals surface area contributed by atoms with Gasteiger partial charge in [0.05, 0.1) is 18.5 Å². The quantitative estimate of drug-likeness (QED) is 0.563. The zero-order valence-corrected chi connectivity index (χ0v) is 18.6. The molecule has 178 valence electrons. The lowest BCUT2D eigenvalue weighted by Crippen LogP contribution is -2.22. The molecule has 13 heteroatoms. The Hall–Kier alpha value is -3.58. The highest BCUT2D eigenvalue weighted by Crippen LogP contribution is 2.39. The van der Waals surface area contributed by atoms with Gasteiger partial charge < -0.3 is 14.8 Å². The number of carbonyl (C=O) groups is 1. The fourth-order valence-corrected chi connectivity index (χ4v) is 4.96. The number of hydrogen-bond acceptors (Lipinski definition) is 6. The number of nitrogens with two attached hydrogens (primary N) is 1. The van der Waals surface area contributed by atoms with Crippen LogP contribution in [0.2, 0.25) is 0 Å². The largest absolute Gasteiger partial charge is 0.477 e. The van der Waals surface area contributed by atoms with Gasteiger partial charge in [0.15, 0.2) is 9.92 Å². The molecule has 0 radical (unpaired) electrons.